The minimum absolute atomic E-state index is 0.0609. The van der Waals surface area contributed by atoms with E-state index in [9.17, 15) is 5.11 Å². The molecule has 20 heavy (non-hydrogen) atoms. The van der Waals surface area contributed by atoms with Gasteiger partial charge in [0.25, 0.3) is 0 Å². The maximum atomic E-state index is 11.1. The van der Waals surface area contributed by atoms with Crippen molar-refractivity contribution >= 4 is 31.9 Å². The fourth-order valence-electron chi connectivity index (χ4n) is 3.68. The molecule has 3 heteroatoms. The molecule has 0 heterocycles. The highest BCUT2D eigenvalue weighted by Gasteiger charge is 2.42. The Morgan fingerprint density at radius 2 is 1.75 bits per heavy atom. The monoisotopic (exact) mass is 402 g/mol. The standard InChI is InChI=1S/C17H24Br2O/c1-11(2)10-17(6-4-5-7-17)16(20)13-9-14(18)12(3)8-15(13)19/h8-9,11,16,20H,4-7,10H2,1-3H3. The molecule has 1 unspecified atom stereocenters. The molecule has 0 saturated heterocycles. The van der Waals surface area contributed by atoms with Gasteiger partial charge in [0.1, 0.15) is 0 Å². The van der Waals surface area contributed by atoms with Gasteiger partial charge in [0.2, 0.25) is 0 Å². The molecule has 1 aliphatic rings. The van der Waals surface area contributed by atoms with Gasteiger partial charge in [-0.2, -0.15) is 0 Å². The van der Waals surface area contributed by atoms with Crippen molar-refractivity contribution < 1.29 is 5.11 Å². The zero-order valence-electron chi connectivity index (χ0n) is 12.5. The smallest absolute Gasteiger partial charge is 0.0857 e. The Morgan fingerprint density at radius 3 is 2.30 bits per heavy atom. The lowest BCUT2D eigenvalue weighted by Gasteiger charge is -2.37. The van der Waals surface area contributed by atoms with Crippen molar-refractivity contribution in [3.05, 3.63) is 32.2 Å². The average Bonchev–Trinajstić information content (AvgIpc) is 2.81. The molecule has 112 valence electrons. The summed E-state index contributed by atoms with van der Waals surface area (Å²) in [6.07, 6.45) is 5.50. The number of rotatable bonds is 4. The van der Waals surface area contributed by atoms with Gasteiger partial charge in [-0.05, 0) is 55.4 Å². The van der Waals surface area contributed by atoms with E-state index in [1.165, 1.54) is 18.4 Å². The summed E-state index contributed by atoms with van der Waals surface area (Å²) in [6, 6.07) is 4.19. The van der Waals surface area contributed by atoms with E-state index in [4.69, 9.17) is 0 Å². The van der Waals surface area contributed by atoms with Crippen molar-refractivity contribution in [3.63, 3.8) is 0 Å². The molecular formula is C17H24Br2O. The molecule has 0 aliphatic heterocycles. The molecule has 0 spiro atoms. The van der Waals surface area contributed by atoms with Gasteiger partial charge in [0, 0.05) is 14.4 Å². The van der Waals surface area contributed by atoms with Gasteiger partial charge < -0.3 is 5.11 Å². The van der Waals surface area contributed by atoms with Crippen LogP contribution in [-0.2, 0) is 0 Å². The minimum atomic E-state index is -0.376. The summed E-state index contributed by atoms with van der Waals surface area (Å²) in [5.74, 6) is 0.621. The second-order valence-electron chi connectivity index (χ2n) is 6.69. The van der Waals surface area contributed by atoms with Crippen LogP contribution in [0.1, 0.15) is 63.2 Å². The lowest BCUT2D eigenvalue weighted by molar-refractivity contribution is 0.0106. The van der Waals surface area contributed by atoms with Gasteiger partial charge in [-0.1, -0.05) is 58.5 Å². The van der Waals surface area contributed by atoms with Crippen LogP contribution < -0.4 is 0 Å². The van der Waals surface area contributed by atoms with Gasteiger partial charge in [0.15, 0.2) is 0 Å². The first-order chi connectivity index (χ1) is 9.35. The van der Waals surface area contributed by atoms with Crippen LogP contribution in [0.15, 0.2) is 21.1 Å². The Morgan fingerprint density at radius 1 is 1.15 bits per heavy atom. The zero-order valence-corrected chi connectivity index (χ0v) is 15.7. The van der Waals surface area contributed by atoms with Gasteiger partial charge >= 0.3 is 0 Å². The van der Waals surface area contributed by atoms with Crippen LogP contribution in [0.25, 0.3) is 0 Å². The number of aryl methyl sites for hydroxylation is 1. The van der Waals surface area contributed by atoms with Crippen molar-refractivity contribution in [1.29, 1.82) is 0 Å². The lowest BCUT2D eigenvalue weighted by atomic mass is 9.72. The summed E-state index contributed by atoms with van der Waals surface area (Å²) in [4.78, 5) is 0. The third kappa shape index (κ3) is 3.31. The van der Waals surface area contributed by atoms with Gasteiger partial charge in [-0.3, -0.25) is 0 Å². The van der Waals surface area contributed by atoms with Crippen LogP contribution in [0.5, 0.6) is 0 Å². The molecule has 0 bridgehead atoms. The molecule has 0 radical (unpaired) electrons. The van der Waals surface area contributed by atoms with Crippen molar-refractivity contribution in [2.75, 3.05) is 0 Å². The first kappa shape index (κ1) is 16.5. The molecule has 1 N–H and O–H groups in total. The van der Waals surface area contributed by atoms with Crippen molar-refractivity contribution in [3.8, 4) is 0 Å². The summed E-state index contributed by atoms with van der Waals surface area (Å²) in [5, 5.41) is 11.1. The number of aliphatic hydroxyl groups excluding tert-OH is 1. The summed E-state index contributed by atoms with van der Waals surface area (Å²) in [6.45, 7) is 6.59. The first-order valence-electron chi connectivity index (χ1n) is 7.49. The molecule has 1 saturated carbocycles. The Labute approximate surface area is 139 Å². The van der Waals surface area contributed by atoms with Crippen LogP contribution in [0.3, 0.4) is 0 Å². The Hall–Kier alpha value is 0.140. The van der Waals surface area contributed by atoms with Crippen LogP contribution in [0, 0.1) is 18.3 Å². The SMILES string of the molecule is Cc1cc(Br)c(C(O)C2(CC(C)C)CCCC2)cc1Br. The predicted octanol–water partition coefficient (Wildman–Crippen LogP) is 6.16. The van der Waals surface area contributed by atoms with Gasteiger partial charge in [-0.15, -0.1) is 0 Å². The molecule has 1 fully saturated rings. The quantitative estimate of drug-likeness (QED) is 0.638. The van der Waals surface area contributed by atoms with Crippen LogP contribution in [0.2, 0.25) is 0 Å². The molecular weight excluding hydrogens is 380 g/mol. The first-order valence-corrected chi connectivity index (χ1v) is 9.08. The summed E-state index contributed by atoms with van der Waals surface area (Å²) in [7, 11) is 0. The molecule has 1 atom stereocenters. The summed E-state index contributed by atoms with van der Waals surface area (Å²) in [5.41, 5.74) is 2.29. The molecule has 2 rings (SSSR count). The Kier molecular flexibility index (Phi) is 5.36. The van der Waals surface area contributed by atoms with E-state index in [2.05, 4.69) is 64.8 Å². The molecule has 1 aliphatic carbocycles. The third-order valence-corrected chi connectivity index (χ3v) is 6.11. The summed E-state index contributed by atoms with van der Waals surface area (Å²) >= 11 is 7.23. The highest BCUT2D eigenvalue weighted by atomic mass is 79.9. The normalized spacial score (nSPS) is 19.6. The summed E-state index contributed by atoms with van der Waals surface area (Å²) < 4.78 is 2.10. The average molecular weight is 404 g/mol. The largest absolute Gasteiger partial charge is 0.388 e. The molecule has 0 aromatic heterocycles. The number of halogens is 2. The molecule has 1 aromatic rings. The fraction of sp³-hybridized carbons (Fsp3) is 0.647. The Bertz CT molecular complexity index is 476. The topological polar surface area (TPSA) is 20.2 Å². The Balaban J connectivity index is 2.37. The van der Waals surface area contributed by atoms with Crippen LogP contribution >= 0.6 is 31.9 Å². The van der Waals surface area contributed by atoms with E-state index in [-0.39, 0.29) is 11.5 Å². The molecule has 0 amide bonds. The van der Waals surface area contributed by atoms with Crippen molar-refractivity contribution in [2.45, 2.75) is 59.0 Å². The number of hydrogen-bond donors (Lipinski definition) is 1. The second kappa shape index (κ2) is 6.50. The van der Waals surface area contributed by atoms with Crippen LogP contribution in [-0.4, -0.2) is 5.11 Å². The van der Waals surface area contributed by atoms with Crippen LogP contribution in [0.4, 0.5) is 0 Å². The molecule has 1 aromatic carbocycles. The highest BCUT2D eigenvalue weighted by Crippen LogP contribution is 2.53. The zero-order chi connectivity index (χ0) is 14.9. The van der Waals surface area contributed by atoms with Crippen molar-refractivity contribution in [2.24, 2.45) is 11.3 Å². The van der Waals surface area contributed by atoms with Gasteiger partial charge in [0.05, 0.1) is 6.10 Å². The third-order valence-electron chi connectivity index (χ3n) is 4.57. The maximum Gasteiger partial charge on any atom is 0.0857 e. The van der Waals surface area contributed by atoms with E-state index >= 15 is 0 Å². The minimum Gasteiger partial charge on any atom is -0.388 e. The predicted molar refractivity (Wildman–Crippen MR) is 91.9 cm³/mol. The van der Waals surface area contributed by atoms with E-state index in [0.29, 0.717) is 5.92 Å². The highest BCUT2D eigenvalue weighted by molar-refractivity contribution is 9.11. The second-order valence-corrected chi connectivity index (χ2v) is 8.40. The van der Waals surface area contributed by atoms with Crippen molar-refractivity contribution in [1.82, 2.24) is 0 Å². The fourth-order valence-corrected chi connectivity index (χ4v) is 4.72. The molecule has 1 nitrogen and oxygen atoms in total. The van der Waals surface area contributed by atoms with Gasteiger partial charge in [-0.25, -0.2) is 0 Å². The number of aliphatic hydroxyl groups is 1. The lowest BCUT2D eigenvalue weighted by Crippen LogP contribution is -2.28. The maximum absolute atomic E-state index is 11.1. The van der Waals surface area contributed by atoms with E-state index in [1.54, 1.807) is 0 Å². The number of hydrogen-bond acceptors (Lipinski definition) is 1. The van der Waals surface area contributed by atoms with E-state index in [1.807, 2.05) is 0 Å². The van der Waals surface area contributed by atoms with E-state index in [0.717, 1.165) is 33.8 Å². The van der Waals surface area contributed by atoms with E-state index < -0.39 is 0 Å². The number of benzene rings is 1.